The first-order valence-corrected chi connectivity index (χ1v) is 6.24. The molecule has 108 valence electrons. The van der Waals surface area contributed by atoms with Gasteiger partial charge < -0.3 is 24.3 Å². The fourth-order valence-corrected chi connectivity index (χ4v) is 1.22. The van der Waals surface area contributed by atoms with Crippen LogP contribution in [0.4, 0.5) is 0 Å². The summed E-state index contributed by atoms with van der Waals surface area (Å²) in [7, 11) is 3.35. The molecule has 0 spiro atoms. The van der Waals surface area contributed by atoms with E-state index in [-0.39, 0.29) is 5.97 Å². The molecule has 0 fully saturated rings. The fraction of sp³-hybridized carbons (Fsp3) is 0.917. The number of hydrogen-bond acceptors (Lipinski definition) is 6. The minimum Gasteiger partial charge on any atom is -0.465 e. The molecule has 0 aromatic heterocycles. The number of carbonyl (C=O) groups is 1. The molecule has 0 saturated carbocycles. The van der Waals surface area contributed by atoms with Crippen LogP contribution < -0.4 is 5.32 Å². The molecule has 1 unspecified atom stereocenters. The molecule has 0 aliphatic carbocycles. The average Bonchev–Trinajstić information content (AvgIpc) is 2.37. The number of esters is 1. The van der Waals surface area contributed by atoms with Crippen LogP contribution in [-0.4, -0.2) is 65.8 Å². The van der Waals surface area contributed by atoms with Crippen LogP contribution in [0.15, 0.2) is 0 Å². The van der Waals surface area contributed by atoms with Crippen LogP contribution in [0, 0.1) is 0 Å². The van der Waals surface area contributed by atoms with Crippen molar-refractivity contribution in [1.29, 1.82) is 0 Å². The van der Waals surface area contributed by atoms with E-state index in [1.54, 1.807) is 21.1 Å². The van der Waals surface area contributed by atoms with E-state index in [2.05, 4.69) is 5.32 Å². The highest BCUT2D eigenvalue weighted by molar-refractivity contribution is 5.75. The standard InChI is InChI=1S/C12H25NO5/c1-4-18-12(14)11(13-2)10-17-7-5-6-16-9-8-15-3/h11,13H,4-10H2,1-3H3. The second-order valence-corrected chi connectivity index (χ2v) is 3.63. The van der Waals surface area contributed by atoms with Crippen LogP contribution in [0.2, 0.25) is 0 Å². The lowest BCUT2D eigenvalue weighted by molar-refractivity contribution is -0.147. The van der Waals surface area contributed by atoms with Crippen LogP contribution >= 0.6 is 0 Å². The Morgan fingerprint density at radius 3 is 2.50 bits per heavy atom. The molecule has 6 heteroatoms. The van der Waals surface area contributed by atoms with Gasteiger partial charge in [0.05, 0.1) is 26.4 Å². The van der Waals surface area contributed by atoms with Crippen LogP contribution in [0.1, 0.15) is 13.3 Å². The number of rotatable bonds is 12. The highest BCUT2D eigenvalue weighted by Gasteiger charge is 2.17. The molecule has 0 aromatic rings. The Morgan fingerprint density at radius 1 is 1.17 bits per heavy atom. The minimum atomic E-state index is -0.403. The van der Waals surface area contributed by atoms with Crippen molar-refractivity contribution < 1.29 is 23.7 Å². The first kappa shape index (κ1) is 17.3. The summed E-state index contributed by atoms with van der Waals surface area (Å²) in [6, 6.07) is -0.403. The molecule has 0 aliphatic rings. The summed E-state index contributed by atoms with van der Waals surface area (Å²) in [6.07, 6.45) is 0.795. The average molecular weight is 263 g/mol. The van der Waals surface area contributed by atoms with E-state index < -0.39 is 6.04 Å². The van der Waals surface area contributed by atoms with E-state index in [0.717, 1.165) is 6.42 Å². The molecular weight excluding hydrogens is 238 g/mol. The topological polar surface area (TPSA) is 66.0 Å². The molecule has 0 saturated heterocycles. The van der Waals surface area contributed by atoms with Gasteiger partial charge in [-0.3, -0.25) is 4.79 Å². The lowest BCUT2D eigenvalue weighted by Gasteiger charge is -2.14. The van der Waals surface area contributed by atoms with Gasteiger partial charge in [-0.1, -0.05) is 0 Å². The highest BCUT2D eigenvalue weighted by Crippen LogP contribution is 1.92. The van der Waals surface area contributed by atoms with Crippen LogP contribution in [-0.2, 0) is 23.7 Å². The monoisotopic (exact) mass is 263 g/mol. The minimum absolute atomic E-state index is 0.281. The Labute approximate surface area is 109 Å². The Morgan fingerprint density at radius 2 is 1.89 bits per heavy atom. The molecule has 0 aromatic carbocycles. The summed E-state index contributed by atoms with van der Waals surface area (Å²) in [5.74, 6) is -0.281. The fourth-order valence-electron chi connectivity index (χ4n) is 1.22. The van der Waals surface area contributed by atoms with E-state index in [0.29, 0.717) is 39.6 Å². The number of methoxy groups -OCH3 is 1. The Hall–Kier alpha value is -0.690. The molecule has 1 N–H and O–H groups in total. The smallest absolute Gasteiger partial charge is 0.325 e. The van der Waals surface area contributed by atoms with Crippen molar-refractivity contribution in [3.8, 4) is 0 Å². The summed E-state index contributed by atoms with van der Waals surface area (Å²) < 4.78 is 20.4. The summed E-state index contributed by atoms with van der Waals surface area (Å²) >= 11 is 0. The zero-order valence-corrected chi connectivity index (χ0v) is 11.6. The maximum Gasteiger partial charge on any atom is 0.325 e. The largest absolute Gasteiger partial charge is 0.465 e. The van der Waals surface area contributed by atoms with Crippen molar-refractivity contribution in [1.82, 2.24) is 5.32 Å². The van der Waals surface area contributed by atoms with Crippen LogP contribution in [0.5, 0.6) is 0 Å². The van der Waals surface area contributed by atoms with Gasteiger partial charge in [-0.25, -0.2) is 0 Å². The number of nitrogens with one attached hydrogen (secondary N) is 1. The molecule has 0 heterocycles. The Kier molecular flexibility index (Phi) is 12.3. The first-order chi connectivity index (χ1) is 8.76. The number of hydrogen-bond donors (Lipinski definition) is 1. The number of ether oxygens (including phenoxy) is 4. The van der Waals surface area contributed by atoms with Crippen LogP contribution in [0.3, 0.4) is 0 Å². The van der Waals surface area contributed by atoms with E-state index in [9.17, 15) is 4.79 Å². The quantitative estimate of drug-likeness (QED) is 0.401. The number of likely N-dealkylation sites (N-methyl/N-ethyl adjacent to an activating group) is 1. The zero-order valence-electron chi connectivity index (χ0n) is 11.6. The molecule has 0 radical (unpaired) electrons. The molecule has 6 nitrogen and oxygen atoms in total. The maximum atomic E-state index is 11.4. The van der Waals surface area contributed by atoms with E-state index in [4.69, 9.17) is 18.9 Å². The Bertz CT molecular complexity index is 201. The van der Waals surface area contributed by atoms with Gasteiger partial charge >= 0.3 is 5.97 Å². The van der Waals surface area contributed by atoms with Gasteiger partial charge in [0.15, 0.2) is 0 Å². The first-order valence-electron chi connectivity index (χ1n) is 6.24. The van der Waals surface area contributed by atoms with Gasteiger partial charge in [0.2, 0.25) is 0 Å². The third-order valence-corrected chi connectivity index (χ3v) is 2.21. The highest BCUT2D eigenvalue weighted by atomic mass is 16.5. The molecule has 0 aliphatic heterocycles. The summed E-state index contributed by atoms with van der Waals surface area (Å²) in [5.41, 5.74) is 0. The summed E-state index contributed by atoms with van der Waals surface area (Å²) in [4.78, 5) is 11.4. The van der Waals surface area contributed by atoms with E-state index in [1.165, 1.54) is 0 Å². The zero-order chi connectivity index (χ0) is 13.6. The number of carbonyl (C=O) groups excluding carboxylic acids is 1. The third kappa shape index (κ3) is 9.35. The summed E-state index contributed by atoms with van der Waals surface area (Å²) in [6.45, 7) is 4.86. The molecule has 0 bridgehead atoms. The Balaban J connectivity index is 3.42. The predicted octanol–water partition coefficient (Wildman–Crippen LogP) is 0.207. The van der Waals surface area contributed by atoms with Crippen LogP contribution in [0.25, 0.3) is 0 Å². The second kappa shape index (κ2) is 12.8. The van der Waals surface area contributed by atoms with Gasteiger partial charge in [0.1, 0.15) is 6.04 Å². The van der Waals surface area contributed by atoms with Gasteiger partial charge in [0, 0.05) is 20.3 Å². The molecule has 0 amide bonds. The molecule has 1 atom stereocenters. The third-order valence-electron chi connectivity index (χ3n) is 2.21. The van der Waals surface area contributed by atoms with Gasteiger partial charge in [-0.15, -0.1) is 0 Å². The summed E-state index contributed by atoms with van der Waals surface area (Å²) in [5, 5.41) is 2.86. The molecule has 18 heavy (non-hydrogen) atoms. The molecule has 0 rings (SSSR count). The van der Waals surface area contributed by atoms with Crippen molar-refractivity contribution in [2.24, 2.45) is 0 Å². The van der Waals surface area contributed by atoms with Gasteiger partial charge in [-0.2, -0.15) is 0 Å². The maximum absolute atomic E-state index is 11.4. The van der Waals surface area contributed by atoms with Crippen molar-refractivity contribution in [3.63, 3.8) is 0 Å². The predicted molar refractivity (Wildman–Crippen MR) is 67.6 cm³/mol. The molecular formula is C12H25NO5. The SMILES string of the molecule is CCOC(=O)C(COCCCOCCOC)NC. The van der Waals surface area contributed by atoms with E-state index in [1.807, 2.05) is 0 Å². The van der Waals surface area contributed by atoms with Gasteiger partial charge in [0.25, 0.3) is 0 Å². The lowest BCUT2D eigenvalue weighted by atomic mass is 10.3. The van der Waals surface area contributed by atoms with Crippen molar-refractivity contribution in [3.05, 3.63) is 0 Å². The van der Waals surface area contributed by atoms with Crippen molar-refractivity contribution in [2.75, 3.05) is 53.8 Å². The van der Waals surface area contributed by atoms with Gasteiger partial charge in [-0.05, 0) is 20.4 Å². The second-order valence-electron chi connectivity index (χ2n) is 3.63. The van der Waals surface area contributed by atoms with Crippen molar-refractivity contribution >= 4 is 5.97 Å². The van der Waals surface area contributed by atoms with Crippen molar-refractivity contribution in [2.45, 2.75) is 19.4 Å². The van der Waals surface area contributed by atoms with E-state index >= 15 is 0 Å². The lowest BCUT2D eigenvalue weighted by Crippen LogP contribution is -2.39. The normalized spacial score (nSPS) is 12.4.